The smallest absolute Gasteiger partial charge is 0.207 e. The Kier molecular flexibility index (Phi) is 9.37. The highest BCUT2D eigenvalue weighted by molar-refractivity contribution is 5.49. The Morgan fingerprint density at radius 3 is 1.95 bits per heavy atom. The van der Waals surface area contributed by atoms with E-state index in [2.05, 4.69) is 48.4 Å². The van der Waals surface area contributed by atoms with Crippen molar-refractivity contribution in [3.63, 3.8) is 0 Å². The zero-order chi connectivity index (χ0) is 27.4. The minimum Gasteiger partial charge on any atom is -0.346 e. The zero-order valence-electron chi connectivity index (χ0n) is 22.5. The van der Waals surface area contributed by atoms with E-state index < -0.39 is 0 Å². The first-order valence-corrected chi connectivity index (χ1v) is 13.7. The van der Waals surface area contributed by atoms with Gasteiger partial charge >= 0.3 is 0 Å². The number of hydrogen-bond acceptors (Lipinski definition) is 7. The van der Waals surface area contributed by atoms with Gasteiger partial charge in [0.2, 0.25) is 6.41 Å². The highest BCUT2D eigenvalue weighted by Gasteiger charge is 2.16. The average molecular weight is 539 g/mol. The first-order valence-electron chi connectivity index (χ1n) is 13.7. The van der Waals surface area contributed by atoms with Crippen molar-refractivity contribution < 1.29 is 4.79 Å². The molecule has 206 valence electrons. The molecule has 11 heteroatoms. The lowest BCUT2D eigenvalue weighted by Crippen LogP contribution is -2.21. The van der Waals surface area contributed by atoms with Gasteiger partial charge in [0, 0.05) is 38.4 Å². The van der Waals surface area contributed by atoms with Gasteiger partial charge in [-0.15, -0.1) is 15.3 Å². The summed E-state index contributed by atoms with van der Waals surface area (Å²) in [4.78, 5) is 11.1. The summed E-state index contributed by atoms with van der Waals surface area (Å²) in [6, 6.07) is 19.8. The van der Waals surface area contributed by atoms with E-state index in [1.807, 2.05) is 81.2 Å². The molecule has 1 atom stereocenters. The summed E-state index contributed by atoms with van der Waals surface area (Å²) < 4.78 is 5.67. The van der Waals surface area contributed by atoms with Crippen molar-refractivity contribution in [1.29, 1.82) is 0 Å². The maximum Gasteiger partial charge on any atom is 0.207 e. The number of unbranched alkanes of at least 4 members (excludes halogenated alkanes) is 2. The van der Waals surface area contributed by atoms with Gasteiger partial charge in [0.15, 0.2) is 0 Å². The van der Waals surface area contributed by atoms with Gasteiger partial charge in [-0.25, -0.2) is 0 Å². The monoisotopic (exact) mass is 538 g/mol. The molecule has 0 radical (unpaired) electrons. The SMILES string of the molecule is O=CN[C@@H](c1ccccc1)c1cn(CCCCc2cn(CCCCn3cc(Cc4ccccc4)nn3)nn2)nn1. The molecule has 2 aromatic carbocycles. The van der Waals surface area contributed by atoms with E-state index in [1.54, 1.807) is 0 Å². The number of amides is 1. The lowest BCUT2D eigenvalue weighted by molar-refractivity contribution is -0.110. The molecule has 40 heavy (non-hydrogen) atoms. The van der Waals surface area contributed by atoms with Crippen LogP contribution < -0.4 is 5.32 Å². The highest BCUT2D eigenvalue weighted by Crippen LogP contribution is 2.19. The number of hydrogen-bond donors (Lipinski definition) is 1. The van der Waals surface area contributed by atoms with E-state index in [1.165, 1.54) is 5.56 Å². The van der Waals surface area contributed by atoms with Crippen LogP contribution in [0.4, 0.5) is 0 Å². The lowest BCUT2D eigenvalue weighted by Gasteiger charge is -2.13. The van der Waals surface area contributed by atoms with Crippen molar-refractivity contribution in [2.45, 2.75) is 64.2 Å². The molecule has 0 aliphatic rings. The van der Waals surface area contributed by atoms with Crippen LogP contribution in [0.1, 0.15) is 59.9 Å². The molecule has 0 aliphatic carbocycles. The fraction of sp³-hybridized carbons (Fsp3) is 0.345. The quantitative estimate of drug-likeness (QED) is 0.151. The predicted octanol–water partition coefficient (Wildman–Crippen LogP) is 3.39. The van der Waals surface area contributed by atoms with Crippen LogP contribution >= 0.6 is 0 Å². The maximum atomic E-state index is 11.1. The largest absolute Gasteiger partial charge is 0.346 e. The van der Waals surface area contributed by atoms with Crippen LogP contribution in [-0.2, 0) is 37.3 Å². The number of aromatic nitrogens is 9. The molecule has 0 bridgehead atoms. The molecule has 0 saturated carbocycles. The van der Waals surface area contributed by atoms with Crippen LogP contribution in [0.15, 0.2) is 79.3 Å². The summed E-state index contributed by atoms with van der Waals surface area (Å²) in [7, 11) is 0. The summed E-state index contributed by atoms with van der Waals surface area (Å²) >= 11 is 0. The predicted molar refractivity (Wildman–Crippen MR) is 149 cm³/mol. The fourth-order valence-corrected chi connectivity index (χ4v) is 4.64. The number of rotatable bonds is 16. The van der Waals surface area contributed by atoms with Crippen LogP contribution in [0.3, 0.4) is 0 Å². The normalized spacial score (nSPS) is 11.9. The first kappa shape index (κ1) is 26.9. The van der Waals surface area contributed by atoms with Gasteiger partial charge in [0.1, 0.15) is 5.69 Å². The van der Waals surface area contributed by atoms with Crippen molar-refractivity contribution in [2.24, 2.45) is 0 Å². The van der Waals surface area contributed by atoms with E-state index in [0.717, 1.165) is 80.8 Å². The van der Waals surface area contributed by atoms with Crippen LogP contribution in [0.25, 0.3) is 0 Å². The fourth-order valence-electron chi connectivity index (χ4n) is 4.64. The van der Waals surface area contributed by atoms with Crippen molar-refractivity contribution in [3.05, 3.63) is 107 Å². The minimum atomic E-state index is -0.309. The molecule has 0 unspecified atom stereocenters. The summed E-state index contributed by atoms with van der Waals surface area (Å²) in [6.07, 6.45) is 12.2. The number of carbonyl (C=O) groups is 1. The third-order valence-electron chi connectivity index (χ3n) is 6.71. The van der Waals surface area contributed by atoms with Crippen molar-refractivity contribution in [2.75, 3.05) is 0 Å². The second kappa shape index (κ2) is 13.9. The molecule has 0 aliphatic heterocycles. The number of nitrogens with one attached hydrogen (secondary N) is 1. The van der Waals surface area contributed by atoms with Gasteiger partial charge in [-0.3, -0.25) is 18.8 Å². The van der Waals surface area contributed by atoms with Gasteiger partial charge < -0.3 is 5.32 Å². The molecular weight excluding hydrogens is 504 g/mol. The molecule has 0 saturated heterocycles. The summed E-state index contributed by atoms with van der Waals surface area (Å²) in [6.45, 7) is 2.42. The topological polar surface area (TPSA) is 121 Å². The van der Waals surface area contributed by atoms with Gasteiger partial charge in [-0.1, -0.05) is 76.3 Å². The average Bonchev–Trinajstić information content (AvgIpc) is 3.75. The summed E-state index contributed by atoms with van der Waals surface area (Å²) in [5, 5.41) is 28.5. The number of nitrogens with zero attached hydrogens (tertiary/aromatic N) is 9. The highest BCUT2D eigenvalue weighted by atomic mass is 16.1. The molecule has 11 nitrogen and oxygen atoms in total. The third-order valence-corrected chi connectivity index (χ3v) is 6.71. The summed E-state index contributed by atoms with van der Waals surface area (Å²) in [5.41, 5.74) is 4.92. The van der Waals surface area contributed by atoms with E-state index in [0.29, 0.717) is 6.41 Å². The van der Waals surface area contributed by atoms with E-state index in [4.69, 9.17) is 0 Å². The number of aryl methyl sites for hydroxylation is 4. The number of carbonyl (C=O) groups excluding carboxylic acids is 1. The first-order chi connectivity index (χ1) is 19.8. The third kappa shape index (κ3) is 7.68. The van der Waals surface area contributed by atoms with Crippen LogP contribution in [0, 0.1) is 0 Å². The zero-order valence-corrected chi connectivity index (χ0v) is 22.5. The van der Waals surface area contributed by atoms with Crippen LogP contribution in [0.5, 0.6) is 0 Å². The van der Waals surface area contributed by atoms with Gasteiger partial charge in [-0.05, 0) is 43.2 Å². The number of benzene rings is 2. The standard InChI is InChI=1S/C29H34N10O/c40-23-30-29(25-13-5-2-6-14-25)28-22-39(36-33-28)16-8-7-15-26-20-37(34-31-26)17-9-10-18-38-21-27(32-35-38)19-24-11-3-1-4-12-24/h1-6,11-14,20-23,29H,7-10,15-19H2,(H,30,40)/t29-/m0/s1. The van der Waals surface area contributed by atoms with E-state index in [9.17, 15) is 4.79 Å². The maximum absolute atomic E-state index is 11.1. The molecule has 1 amide bonds. The Labute approximate surface area is 233 Å². The van der Waals surface area contributed by atoms with Gasteiger partial charge in [0.05, 0.1) is 23.6 Å². The molecule has 3 heterocycles. The second-order valence-electron chi connectivity index (χ2n) is 9.81. The van der Waals surface area contributed by atoms with Crippen molar-refractivity contribution >= 4 is 6.41 Å². The Hall–Kier alpha value is -4.67. The van der Waals surface area contributed by atoms with Crippen molar-refractivity contribution in [1.82, 2.24) is 50.3 Å². The van der Waals surface area contributed by atoms with Crippen LogP contribution in [0.2, 0.25) is 0 Å². The molecule has 0 fully saturated rings. The summed E-state index contributed by atoms with van der Waals surface area (Å²) in [5.74, 6) is 0. The van der Waals surface area contributed by atoms with Crippen molar-refractivity contribution in [3.8, 4) is 0 Å². The van der Waals surface area contributed by atoms with Gasteiger partial charge in [-0.2, -0.15) is 0 Å². The molecule has 0 spiro atoms. The van der Waals surface area contributed by atoms with Crippen LogP contribution in [-0.4, -0.2) is 51.4 Å². The Bertz CT molecular complexity index is 1440. The molecule has 1 N–H and O–H groups in total. The minimum absolute atomic E-state index is 0.309. The van der Waals surface area contributed by atoms with E-state index >= 15 is 0 Å². The molecule has 5 aromatic rings. The second-order valence-corrected chi connectivity index (χ2v) is 9.81. The van der Waals surface area contributed by atoms with Gasteiger partial charge in [0.25, 0.3) is 0 Å². The van der Waals surface area contributed by atoms with E-state index in [-0.39, 0.29) is 6.04 Å². The molecule has 5 rings (SSSR count). The molecule has 3 aromatic heterocycles. The molecular formula is C29H34N10O. The Morgan fingerprint density at radius 2 is 1.25 bits per heavy atom. The Morgan fingerprint density at radius 1 is 0.675 bits per heavy atom. The lowest BCUT2D eigenvalue weighted by atomic mass is 10.0. The Balaban J connectivity index is 0.989.